The quantitative estimate of drug-likeness (QED) is 0.890. The van der Waals surface area contributed by atoms with Crippen molar-refractivity contribution in [3.63, 3.8) is 0 Å². The summed E-state index contributed by atoms with van der Waals surface area (Å²) in [6, 6.07) is 12.2. The van der Waals surface area contributed by atoms with Gasteiger partial charge in [-0.1, -0.05) is 28.1 Å². The lowest BCUT2D eigenvalue weighted by molar-refractivity contribution is 0.242. The molecule has 2 rings (SSSR count). The minimum absolute atomic E-state index is 0.0533. The molecule has 1 atom stereocenters. The van der Waals surface area contributed by atoms with Crippen molar-refractivity contribution in [1.82, 2.24) is 5.32 Å². The number of aliphatic hydroxyl groups excluding tert-OH is 1. The van der Waals surface area contributed by atoms with Crippen LogP contribution in [0.4, 0.5) is 0 Å². The number of aliphatic hydroxyl groups is 1. The van der Waals surface area contributed by atoms with Gasteiger partial charge in [-0.25, -0.2) is 0 Å². The molecule has 3 nitrogen and oxygen atoms in total. The van der Waals surface area contributed by atoms with E-state index in [0.29, 0.717) is 12.3 Å². The molecule has 96 valence electrons. The van der Waals surface area contributed by atoms with E-state index in [9.17, 15) is 0 Å². The molecule has 0 aliphatic rings. The molecule has 0 aliphatic heterocycles. The van der Waals surface area contributed by atoms with Crippen molar-refractivity contribution in [3.05, 3.63) is 58.0 Å². The van der Waals surface area contributed by atoms with E-state index in [-0.39, 0.29) is 12.6 Å². The van der Waals surface area contributed by atoms with Crippen LogP contribution in [0.3, 0.4) is 0 Å². The summed E-state index contributed by atoms with van der Waals surface area (Å²) in [5.41, 5.74) is 1.23. The number of benzene rings is 1. The van der Waals surface area contributed by atoms with Gasteiger partial charge >= 0.3 is 0 Å². The van der Waals surface area contributed by atoms with Crippen LogP contribution in [0.25, 0.3) is 0 Å². The Morgan fingerprint density at radius 1 is 1.17 bits per heavy atom. The SMILES string of the molecule is C[C@@H](NCc1ccc(CO)o1)c1ccc(Br)cc1. The Balaban J connectivity index is 1.91. The zero-order valence-electron chi connectivity index (χ0n) is 10.2. The van der Waals surface area contributed by atoms with Crippen molar-refractivity contribution < 1.29 is 9.52 Å². The molecule has 0 unspecified atom stereocenters. The van der Waals surface area contributed by atoms with Crippen LogP contribution < -0.4 is 5.32 Å². The molecule has 1 aromatic heterocycles. The third-order valence-electron chi connectivity index (χ3n) is 2.83. The van der Waals surface area contributed by atoms with E-state index < -0.39 is 0 Å². The molecule has 0 aliphatic carbocycles. The van der Waals surface area contributed by atoms with E-state index in [2.05, 4.69) is 40.3 Å². The highest BCUT2D eigenvalue weighted by Gasteiger charge is 2.06. The summed E-state index contributed by atoms with van der Waals surface area (Å²) >= 11 is 3.42. The second kappa shape index (κ2) is 6.18. The third-order valence-corrected chi connectivity index (χ3v) is 3.35. The first kappa shape index (κ1) is 13.3. The highest BCUT2D eigenvalue weighted by atomic mass is 79.9. The molecule has 0 bridgehead atoms. The molecular formula is C14H16BrNO2. The lowest BCUT2D eigenvalue weighted by Gasteiger charge is -2.13. The fourth-order valence-corrected chi connectivity index (χ4v) is 1.99. The van der Waals surface area contributed by atoms with E-state index in [4.69, 9.17) is 9.52 Å². The molecule has 1 aromatic carbocycles. The topological polar surface area (TPSA) is 45.4 Å². The first-order valence-electron chi connectivity index (χ1n) is 5.86. The summed E-state index contributed by atoms with van der Waals surface area (Å²) < 4.78 is 6.50. The Bertz CT molecular complexity index is 493. The molecule has 18 heavy (non-hydrogen) atoms. The minimum atomic E-state index is -0.0533. The van der Waals surface area contributed by atoms with E-state index in [1.807, 2.05) is 18.2 Å². The lowest BCUT2D eigenvalue weighted by atomic mass is 10.1. The van der Waals surface area contributed by atoms with Crippen molar-refractivity contribution in [2.45, 2.75) is 26.1 Å². The minimum Gasteiger partial charge on any atom is -0.462 e. The first-order valence-corrected chi connectivity index (χ1v) is 6.65. The zero-order valence-corrected chi connectivity index (χ0v) is 11.8. The lowest BCUT2D eigenvalue weighted by Crippen LogP contribution is -2.17. The summed E-state index contributed by atoms with van der Waals surface area (Å²) in [5.74, 6) is 1.44. The Hall–Kier alpha value is -1.10. The number of hydrogen-bond donors (Lipinski definition) is 2. The van der Waals surface area contributed by atoms with Crippen LogP contribution in [0, 0.1) is 0 Å². The predicted molar refractivity (Wildman–Crippen MR) is 74.0 cm³/mol. The third kappa shape index (κ3) is 3.45. The van der Waals surface area contributed by atoms with Gasteiger partial charge in [-0.2, -0.15) is 0 Å². The largest absolute Gasteiger partial charge is 0.462 e. The van der Waals surface area contributed by atoms with E-state index in [1.54, 1.807) is 6.07 Å². The maximum absolute atomic E-state index is 8.91. The zero-order chi connectivity index (χ0) is 13.0. The summed E-state index contributed by atoms with van der Waals surface area (Å²) in [5, 5.41) is 12.3. The normalized spacial score (nSPS) is 12.6. The number of rotatable bonds is 5. The molecule has 1 heterocycles. The molecular weight excluding hydrogens is 294 g/mol. The predicted octanol–water partition coefficient (Wildman–Crippen LogP) is 3.39. The highest BCUT2D eigenvalue weighted by molar-refractivity contribution is 9.10. The second-order valence-corrected chi connectivity index (χ2v) is 5.10. The summed E-state index contributed by atoms with van der Waals surface area (Å²) in [7, 11) is 0. The van der Waals surface area contributed by atoms with E-state index in [0.717, 1.165) is 10.2 Å². The van der Waals surface area contributed by atoms with Crippen LogP contribution in [0.15, 0.2) is 45.3 Å². The van der Waals surface area contributed by atoms with Crippen LogP contribution >= 0.6 is 15.9 Å². The molecule has 0 spiro atoms. The van der Waals surface area contributed by atoms with Gasteiger partial charge in [-0.05, 0) is 36.8 Å². The molecule has 0 saturated carbocycles. The van der Waals surface area contributed by atoms with Gasteiger partial charge in [0, 0.05) is 10.5 Å². The maximum Gasteiger partial charge on any atom is 0.129 e. The van der Waals surface area contributed by atoms with Gasteiger partial charge in [-0.3, -0.25) is 0 Å². The van der Waals surface area contributed by atoms with Gasteiger partial charge in [0.05, 0.1) is 6.54 Å². The summed E-state index contributed by atoms with van der Waals surface area (Å²) in [6.07, 6.45) is 0. The van der Waals surface area contributed by atoms with Crippen LogP contribution in [0.2, 0.25) is 0 Å². The highest BCUT2D eigenvalue weighted by Crippen LogP contribution is 2.17. The number of hydrogen-bond acceptors (Lipinski definition) is 3. The van der Waals surface area contributed by atoms with Crippen LogP contribution in [-0.2, 0) is 13.2 Å². The maximum atomic E-state index is 8.91. The molecule has 0 fully saturated rings. The van der Waals surface area contributed by atoms with E-state index >= 15 is 0 Å². The molecule has 0 radical (unpaired) electrons. The van der Waals surface area contributed by atoms with Gasteiger partial charge in [0.25, 0.3) is 0 Å². The van der Waals surface area contributed by atoms with Crippen molar-refractivity contribution in [2.75, 3.05) is 0 Å². The number of furan rings is 1. The van der Waals surface area contributed by atoms with Gasteiger partial charge in [-0.15, -0.1) is 0 Å². The van der Waals surface area contributed by atoms with Crippen molar-refractivity contribution in [3.8, 4) is 0 Å². The van der Waals surface area contributed by atoms with Crippen molar-refractivity contribution in [2.24, 2.45) is 0 Å². The standard InChI is InChI=1S/C14H16BrNO2/c1-10(11-2-4-12(15)5-3-11)16-8-13-6-7-14(9-17)18-13/h2-7,10,16-17H,8-9H2,1H3/t10-/m1/s1. The molecule has 0 saturated heterocycles. The van der Waals surface area contributed by atoms with Crippen LogP contribution in [0.5, 0.6) is 0 Å². The van der Waals surface area contributed by atoms with Crippen LogP contribution in [0.1, 0.15) is 30.0 Å². The Morgan fingerprint density at radius 3 is 2.44 bits per heavy atom. The molecule has 0 amide bonds. The van der Waals surface area contributed by atoms with E-state index in [1.165, 1.54) is 5.56 Å². The second-order valence-electron chi connectivity index (χ2n) is 4.18. The smallest absolute Gasteiger partial charge is 0.129 e. The van der Waals surface area contributed by atoms with Gasteiger partial charge in [0.1, 0.15) is 18.1 Å². The Kier molecular flexibility index (Phi) is 4.58. The number of nitrogens with one attached hydrogen (secondary N) is 1. The summed E-state index contributed by atoms with van der Waals surface area (Å²) in [4.78, 5) is 0. The molecule has 4 heteroatoms. The monoisotopic (exact) mass is 309 g/mol. The molecule has 2 N–H and O–H groups in total. The Morgan fingerprint density at radius 2 is 1.83 bits per heavy atom. The average Bonchev–Trinajstić information content (AvgIpc) is 2.85. The van der Waals surface area contributed by atoms with Crippen molar-refractivity contribution >= 4 is 15.9 Å². The first-order chi connectivity index (χ1) is 8.69. The van der Waals surface area contributed by atoms with Gasteiger partial charge in [0.15, 0.2) is 0 Å². The van der Waals surface area contributed by atoms with Crippen molar-refractivity contribution in [1.29, 1.82) is 0 Å². The van der Waals surface area contributed by atoms with Crippen LogP contribution in [-0.4, -0.2) is 5.11 Å². The average molecular weight is 310 g/mol. The summed E-state index contributed by atoms with van der Waals surface area (Å²) in [6.45, 7) is 2.71. The Labute approximate surface area is 115 Å². The fraction of sp³-hybridized carbons (Fsp3) is 0.286. The fourth-order valence-electron chi connectivity index (χ4n) is 1.73. The van der Waals surface area contributed by atoms with Gasteiger partial charge in [0.2, 0.25) is 0 Å². The van der Waals surface area contributed by atoms with Gasteiger partial charge < -0.3 is 14.8 Å². The molecule has 2 aromatic rings. The number of halogens is 1.